The Balaban J connectivity index is 1.52. The van der Waals surface area contributed by atoms with Crippen molar-refractivity contribution in [1.29, 1.82) is 0 Å². The van der Waals surface area contributed by atoms with Crippen molar-refractivity contribution in [3.05, 3.63) is 46.0 Å². The molecule has 9 nitrogen and oxygen atoms in total. The van der Waals surface area contributed by atoms with Crippen LogP contribution in [0.4, 0.5) is 23.3 Å². The molecule has 30 heavy (non-hydrogen) atoms. The fraction of sp³-hybridized carbons (Fsp3) is 0.524. The Hall–Kier alpha value is -2.94. The minimum Gasteiger partial charge on any atom is -0.378 e. The second-order valence-corrected chi connectivity index (χ2v) is 7.99. The van der Waals surface area contributed by atoms with E-state index in [1.54, 1.807) is 0 Å². The lowest BCUT2D eigenvalue weighted by Crippen LogP contribution is -2.46. The van der Waals surface area contributed by atoms with Crippen molar-refractivity contribution in [2.24, 2.45) is 0 Å². The third-order valence-electron chi connectivity index (χ3n) is 5.87. The van der Waals surface area contributed by atoms with Crippen molar-refractivity contribution in [2.75, 3.05) is 54.8 Å². The van der Waals surface area contributed by atoms with Crippen molar-refractivity contribution in [3.8, 4) is 0 Å². The average Bonchev–Trinajstić information content (AvgIpc) is 3.04. The van der Waals surface area contributed by atoms with Crippen LogP contribution in [0.2, 0.25) is 0 Å². The third-order valence-corrected chi connectivity index (χ3v) is 5.87. The van der Waals surface area contributed by atoms with E-state index in [1.807, 2.05) is 23.1 Å². The molecule has 0 atom stereocenters. The van der Waals surface area contributed by atoms with E-state index in [-0.39, 0.29) is 11.5 Å². The van der Waals surface area contributed by atoms with Gasteiger partial charge in [0.15, 0.2) is 0 Å². The molecule has 3 heterocycles. The summed E-state index contributed by atoms with van der Waals surface area (Å²) in [5.41, 5.74) is 7.14. The summed E-state index contributed by atoms with van der Waals surface area (Å²) in [5, 5.41) is 11.7. The van der Waals surface area contributed by atoms with E-state index in [1.165, 1.54) is 18.4 Å². The highest BCUT2D eigenvalue weighted by molar-refractivity contribution is 5.71. The lowest BCUT2D eigenvalue weighted by atomic mass is 10.2. The summed E-state index contributed by atoms with van der Waals surface area (Å²) in [4.78, 5) is 26.7. The zero-order valence-corrected chi connectivity index (χ0v) is 17.2. The maximum Gasteiger partial charge on any atom is 0.353 e. The number of nitrogens with zero attached hydrogens (tertiary/aromatic N) is 6. The first-order valence-electron chi connectivity index (χ1n) is 10.7. The second kappa shape index (κ2) is 9.25. The van der Waals surface area contributed by atoms with Crippen LogP contribution in [0.25, 0.3) is 0 Å². The van der Waals surface area contributed by atoms with E-state index < -0.39 is 4.92 Å². The SMILES string of the molecule is Nc1nc(N2CCCCCC2)nc(N2CCN(Cc3ccccc3)CC2)c1[N+](=O)[O-]. The van der Waals surface area contributed by atoms with Gasteiger partial charge in [0.25, 0.3) is 0 Å². The monoisotopic (exact) mass is 411 g/mol. The minimum atomic E-state index is -0.451. The molecule has 4 rings (SSSR count). The maximum atomic E-state index is 11.7. The molecule has 0 aliphatic carbocycles. The Morgan fingerprint density at radius 3 is 2.20 bits per heavy atom. The Morgan fingerprint density at radius 1 is 0.900 bits per heavy atom. The molecule has 0 amide bonds. The first kappa shape index (κ1) is 20.3. The van der Waals surface area contributed by atoms with Gasteiger partial charge in [0.2, 0.25) is 17.6 Å². The van der Waals surface area contributed by atoms with E-state index in [9.17, 15) is 10.1 Å². The quantitative estimate of drug-likeness (QED) is 0.591. The summed E-state index contributed by atoms with van der Waals surface area (Å²) in [5.74, 6) is 0.823. The van der Waals surface area contributed by atoms with Crippen LogP contribution in [0.5, 0.6) is 0 Å². The lowest BCUT2D eigenvalue weighted by molar-refractivity contribution is -0.383. The summed E-state index contributed by atoms with van der Waals surface area (Å²) in [6.45, 7) is 5.57. The third kappa shape index (κ3) is 4.62. The summed E-state index contributed by atoms with van der Waals surface area (Å²) in [6.07, 6.45) is 4.53. The number of anilines is 3. The summed E-state index contributed by atoms with van der Waals surface area (Å²) >= 11 is 0. The van der Waals surface area contributed by atoms with Gasteiger partial charge in [-0.05, 0) is 18.4 Å². The van der Waals surface area contributed by atoms with Gasteiger partial charge >= 0.3 is 5.69 Å². The molecule has 0 spiro atoms. The van der Waals surface area contributed by atoms with E-state index in [0.717, 1.165) is 45.6 Å². The molecule has 2 fully saturated rings. The predicted octanol–water partition coefficient (Wildman–Crippen LogP) is 2.67. The minimum absolute atomic E-state index is 0.0454. The first-order valence-corrected chi connectivity index (χ1v) is 10.7. The summed E-state index contributed by atoms with van der Waals surface area (Å²) < 4.78 is 0. The number of rotatable bonds is 5. The van der Waals surface area contributed by atoms with Crippen LogP contribution in [0, 0.1) is 10.1 Å². The van der Waals surface area contributed by atoms with Crippen LogP contribution in [0.15, 0.2) is 30.3 Å². The highest BCUT2D eigenvalue weighted by Gasteiger charge is 2.30. The number of hydrogen-bond acceptors (Lipinski definition) is 8. The van der Waals surface area contributed by atoms with Crippen LogP contribution >= 0.6 is 0 Å². The van der Waals surface area contributed by atoms with Gasteiger partial charge in [-0.25, -0.2) is 0 Å². The normalized spacial score (nSPS) is 18.3. The van der Waals surface area contributed by atoms with Crippen LogP contribution in [0.1, 0.15) is 31.2 Å². The fourth-order valence-electron chi connectivity index (χ4n) is 4.22. The molecule has 2 aliphatic rings. The molecule has 2 N–H and O–H groups in total. The zero-order chi connectivity index (χ0) is 20.9. The highest BCUT2D eigenvalue weighted by atomic mass is 16.6. The van der Waals surface area contributed by atoms with Gasteiger partial charge in [0.05, 0.1) is 4.92 Å². The van der Waals surface area contributed by atoms with Gasteiger partial charge in [0, 0.05) is 45.8 Å². The maximum absolute atomic E-state index is 11.7. The number of nitrogens with two attached hydrogens (primary N) is 1. The fourth-order valence-corrected chi connectivity index (χ4v) is 4.22. The number of hydrogen-bond donors (Lipinski definition) is 1. The molecule has 0 bridgehead atoms. The molecule has 1 aromatic carbocycles. The number of benzene rings is 1. The Bertz CT molecular complexity index is 861. The average molecular weight is 412 g/mol. The van der Waals surface area contributed by atoms with E-state index >= 15 is 0 Å². The van der Waals surface area contributed by atoms with Gasteiger partial charge < -0.3 is 15.5 Å². The largest absolute Gasteiger partial charge is 0.378 e. The standard InChI is InChI=1S/C21H29N7O2/c22-19-18(28(29)30)20(24-21(23-19)27-10-6-1-2-7-11-27)26-14-12-25(13-15-26)16-17-8-4-3-5-9-17/h3-5,8-9H,1-2,6-7,10-16H2,(H2,22,23,24). The van der Waals surface area contributed by atoms with Gasteiger partial charge in [-0.15, -0.1) is 0 Å². The van der Waals surface area contributed by atoms with Crippen molar-refractivity contribution < 1.29 is 4.92 Å². The highest BCUT2D eigenvalue weighted by Crippen LogP contribution is 2.34. The second-order valence-electron chi connectivity index (χ2n) is 7.99. The number of aromatic nitrogens is 2. The van der Waals surface area contributed by atoms with Gasteiger partial charge in [-0.1, -0.05) is 43.2 Å². The van der Waals surface area contributed by atoms with E-state index in [0.29, 0.717) is 24.9 Å². The molecule has 9 heteroatoms. The van der Waals surface area contributed by atoms with Crippen LogP contribution in [-0.2, 0) is 6.54 Å². The molecule has 0 unspecified atom stereocenters. The first-order chi connectivity index (χ1) is 14.6. The topological polar surface area (TPSA) is 105 Å². The van der Waals surface area contributed by atoms with E-state index in [2.05, 4.69) is 31.9 Å². The summed E-state index contributed by atoms with van der Waals surface area (Å²) in [6, 6.07) is 10.3. The molecule has 0 saturated carbocycles. The molecule has 2 saturated heterocycles. The smallest absolute Gasteiger partial charge is 0.353 e. The molecule has 2 aliphatic heterocycles. The zero-order valence-electron chi connectivity index (χ0n) is 17.2. The van der Waals surface area contributed by atoms with Crippen LogP contribution in [0.3, 0.4) is 0 Å². The van der Waals surface area contributed by atoms with Crippen LogP contribution in [-0.4, -0.2) is 59.1 Å². The molecule has 2 aromatic rings. The Kier molecular flexibility index (Phi) is 6.27. The van der Waals surface area contributed by atoms with Gasteiger partial charge in [0.1, 0.15) is 0 Å². The van der Waals surface area contributed by atoms with Gasteiger partial charge in [-0.2, -0.15) is 9.97 Å². The van der Waals surface area contributed by atoms with Crippen molar-refractivity contribution >= 4 is 23.3 Å². The Morgan fingerprint density at radius 2 is 1.57 bits per heavy atom. The molecular formula is C21H29N7O2. The number of nitrogen functional groups attached to an aromatic ring is 1. The van der Waals surface area contributed by atoms with E-state index in [4.69, 9.17) is 5.73 Å². The van der Waals surface area contributed by atoms with Crippen molar-refractivity contribution in [1.82, 2.24) is 14.9 Å². The van der Waals surface area contributed by atoms with Crippen LogP contribution < -0.4 is 15.5 Å². The van der Waals surface area contributed by atoms with Crippen molar-refractivity contribution in [2.45, 2.75) is 32.2 Å². The van der Waals surface area contributed by atoms with Gasteiger partial charge in [-0.3, -0.25) is 15.0 Å². The Labute approximate surface area is 176 Å². The van der Waals surface area contributed by atoms with Crippen molar-refractivity contribution in [3.63, 3.8) is 0 Å². The number of nitro groups is 1. The lowest BCUT2D eigenvalue weighted by Gasteiger charge is -2.35. The number of piperazine rings is 1. The molecule has 1 aromatic heterocycles. The predicted molar refractivity (Wildman–Crippen MR) is 118 cm³/mol. The summed E-state index contributed by atoms with van der Waals surface area (Å²) in [7, 11) is 0. The molecular weight excluding hydrogens is 382 g/mol. The molecule has 160 valence electrons. The molecule has 0 radical (unpaired) electrons.